The smallest absolute Gasteiger partial charge is 0.140 e. The van der Waals surface area contributed by atoms with Gasteiger partial charge in [0.05, 0.1) is 11.5 Å². The molecule has 5 heteroatoms. The van der Waals surface area contributed by atoms with Gasteiger partial charge < -0.3 is 10.1 Å². The van der Waals surface area contributed by atoms with Crippen molar-refractivity contribution in [2.45, 2.75) is 18.4 Å². The summed E-state index contributed by atoms with van der Waals surface area (Å²) in [5, 5.41) is 3.03. The van der Waals surface area contributed by atoms with E-state index in [9.17, 15) is 8.78 Å². The zero-order valence-electron chi connectivity index (χ0n) is 10.1. The van der Waals surface area contributed by atoms with Gasteiger partial charge in [0.25, 0.3) is 0 Å². The van der Waals surface area contributed by atoms with Gasteiger partial charge in [0.15, 0.2) is 0 Å². The van der Waals surface area contributed by atoms with Gasteiger partial charge >= 0.3 is 0 Å². The largest absolute Gasteiger partial charge is 0.384 e. The molecule has 0 saturated heterocycles. The lowest BCUT2D eigenvalue weighted by molar-refractivity contribution is 0.218. The SMILES string of the molecule is CCNCc1cc(F)c(SCCOC)c(F)c1. The molecule has 0 aromatic heterocycles. The average Bonchev–Trinajstić information content (AvgIpc) is 2.30. The second-order valence-corrected chi connectivity index (χ2v) is 4.62. The summed E-state index contributed by atoms with van der Waals surface area (Å²) in [7, 11) is 1.56. The summed E-state index contributed by atoms with van der Waals surface area (Å²) in [6.07, 6.45) is 0. The molecule has 17 heavy (non-hydrogen) atoms. The highest BCUT2D eigenvalue weighted by molar-refractivity contribution is 7.99. The monoisotopic (exact) mass is 261 g/mol. The number of thioether (sulfide) groups is 1. The van der Waals surface area contributed by atoms with Gasteiger partial charge in [0.2, 0.25) is 0 Å². The maximum Gasteiger partial charge on any atom is 0.140 e. The van der Waals surface area contributed by atoms with Gasteiger partial charge in [-0.3, -0.25) is 0 Å². The quantitative estimate of drug-likeness (QED) is 0.602. The van der Waals surface area contributed by atoms with Crippen LogP contribution >= 0.6 is 11.8 Å². The Morgan fingerprint density at radius 1 is 1.29 bits per heavy atom. The highest BCUT2D eigenvalue weighted by Gasteiger charge is 2.11. The molecule has 0 fully saturated rings. The number of methoxy groups -OCH3 is 1. The third kappa shape index (κ3) is 4.61. The van der Waals surface area contributed by atoms with Crippen molar-refractivity contribution in [3.05, 3.63) is 29.3 Å². The van der Waals surface area contributed by atoms with E-state index in [-0.39, 0.29) is 4.90 Å². The van der Waals surface area contributed by atoms with Crippen molar-refractivity contribution in [1.82, 2.24) is 5.32 Å². The molecular weight excluding hydrogens is 244 g/mol. The minimum absolute atomic E-state index is 0.0716. The molecule has 0 heterocycles. The van der Waals surface area contributed by atoms with E-state index in [1.165, 1.54) is 12.1 Å². The number of ether oxygens (including phenoxy) is 1. The fourth-order valence-electron chi connectivity index (χ4n) is 1.35. The van der Waals surface area contributed by atoms with Crippen LogP contribution in [-0.4, -0.2) is 26.0 Å². The zero-order chi connectivity index (χ0) is 12.7. The summed E-state index contributed by atoms with van der Waals surface area (Å²) in [4.78, 5) is 0.0716. The molecule has 0 spiro atoms. The van der Waals surface area contributed by atoms with Crippen LogP contribution in [0.1, 0.15) is 12.5 Å². The molecule has 2 nitrogen and oxygen atoms in total. The summed E-state index contributed by atoms with van der Waals surface area (Å²) in [6.45, 7) is 3.67. The number of nitrogens with one attached hydrogen (secondary N) is 1. The number of benzene rings is 1. The summed E-state index contributed by atoms with van der Waals surface area (Å²) in [5.74, 6) is -0.463. The molecule has 1 rings (SSSR count). The van der Waals surface area contributed by atoms with Crippen LogP contribution in [0.3, 0.4) is 0 Å². The summed E-state index contributed by atoms with van der Waals surface area (Å²) in [5.41, 5.74) is 0.623. The molecule has 96 valence electrons. The lowest BCUT2D eigenvalue weighted by Crippen LogP contribution is -2.12. The van der Waals surface area contributed by atoms with Crippen LogP contribution in [0, 0.1) is 11.6 Å². The molecule has 0 aliphatic carbocycles. The van der Waals surface area contributed by atoms with Crippen molar-refractivity contribution in [2.75, 3.05) is 26.0 Å². The first-order valence-electron chi connectivity index (χ1n) is 5.49. The average molecular weight is 261 g/mol. The van der Waals surface area contributed by atoms with Crippen LogP contribution < -0.4 is 5.32 Å². The van der Waals surface area contributed by atoms with Crippen molar-refractivity contribution in [2.24, 2.45) is 0 Å². The molecule has 0 aliphatic heterocycles. The molecule has 1 aromatic rings. The predicted molar refractivity (Wildman–Crippen MR) is 66.3 cm³/mol. The molecule has 0 saturated carbocycles. The van der Waals surface area contributed by atoms with Crippen molar-refractivity contribution < 1.29 is 13.5 Å². The molecule has 0 atom stereocenters. The van der Waals surface area contributed by atoms with Crippen LogP contribution in [0.4, 0.5) is 8.78 Å². The molecule has 1 aromatic carbocycles. The second-order valence-electron chi connectivity index (χ2n) is 3.51. The van der Waals surface area contributed by atoms with E-state index in [1.54, 1.807) is 7.11 Å². The number of rotatable bonds is 7. The first-order chi connectivity index (χ1) is 8.19. The number of hydrogen-bond acceptors (Lipinski definition) is 3. The van der Waals surface area contributed by atoms with Crippen molar-refractivity contribution in [3.63, 3.8) is 0 Å². The van der Waals surface area contributed by atoms with Crippen LogP contribution in [-0.2, 0) is 11.3 Å². The first kappa shape index (κ1) is 14.4. The Morgan fingerprint density at radius 2 is 1.94 bits per heavy atom. The Balaban J connectivity index is 2.72. The van der Waals surface area contributed by atoms with Crippen molar-refractivity contribution >= 4 is 11.8 Å². The maximum absolute atomic E-state index is 13.6. The molecular formula is C12H17F2NOS. The molecule has 1 N–H and O–H groups in total. The molecule has 0 unspecified atom stereocenters. The molecule has 0 radical (unpaired) electrons. The van der Waals surface area contributed by atoms with Crippen molar-refractivity contribution in [3.8, 4) is 0 Å². The van der Waals surface area contributed by atoms with Gasteiger partial charge in [0.1, 0.15) is 11.6 Å². The van der Waals surface area contributed by atoms with Crippen LogP contribution in [0.25, 0.3) is 0 Å². The normalized spacial score (nSPS) is 10.8. The lowest BCUT2D eigenvalue weighted by atomic mass is 10.2. The van der Waals surface area contributed by atoms with Gasteiger partial charge in [-0.1, -0.05) is 6.92 Å². The Hall–Kier alpha value is -0.650. The van der Waals surface area contributed by atoms with Crippen LogP contribution in [0.5, 0.6) is 0 Å². The Kier molecular flexibility index (Phi) is 6.47. The number of halogens is 2. The van der Waals surface area contributed by atoms with Gasteiger partial charge in [-0.05, 0) is 24.2 Å². The van der Waals surface area contributed by atoms with Gasteiger partial charge in [0, 0.05) is 19.4 Å². The Bertz CT molecular complexity index is 337. The highest BCUT2D eigenvalue weighted by atomic mass is 32.2. The predicted octanol–water partition coefficient (Wildman–Crippen LogP) is 2.81. The maximum atomic E-state index is 13.6. The summed E-state index contributed by atoms with van der Waals surface area (Å²) in [6, 6.07) is 2.75. The molecule has 0 bridgehead atoms. The van der Waals surface area contributed by atoms with E-state index < -0.39 is 11.6 Å². The van der Waals surface area contributed by atoms with E-state index in [0.717, 1.165) is 18.3 Å². The van der Waals surface area contributed by atoms with E-state index >= 15 is 0 Å². The standard InChI is InChI=1S/C12H17F2NOS/c1-3-15-8-9-6-10(13)12(11(14)7-9)17-5-4-16-2/h6-7,15H,3-5,8H2,1-2H3. The Labute approximate surface area is 105 Å². The van der Waals surface area contributed by atoms with Crippen LogP contribution in [0.2, 0.25) is 0 Å². The number of hydrogen-bond donors (Lipinski definition) is 1. The summed E-state index contributed by atoms with van der Waals surface area (Å²) >= 11 is 1.14. The minimum atomic E-state index is -0.501. The van der Waals surface area contributed by atoms with E-state index in [4.69, 9.17) is 4.74 Å². The fraction of sp³-hybridized carbons (Fsp3) is 0.500. The second kappa shape index (κ2) is 7.63. The van der Waals surface area contributed by atoms with Gasteiger partial charge in [-0.25, -0.2) is 8.78 Å². The van der Waals surface area contributed by atoms with Crippen LogP contribution in [0.15, 0.2) is 17.0 Å². The molecule has 0 amide bonds. The fourth-order valence-corrected chi connectivity index (χ4v) is 2.20. The first-order valence-corrected chi connectivity index (χ1v) is 6.48. The van der Waals surface area contributed by atoms with E-state index in [1.807, 2.05) is 6.92 Å². The van der Waals surface area contributed by atoms with Crippen molar-refractivity contribution in [1.29, 1.82) is 0 Å². The third-order valence-electron chi connectivity index (χ3n) is 2.17. The molecule has 0 aliphatic rings. The van der Waals surface area contributed by atoms with Gasteiger partial charge in [-0.15, -0.1) is 11.8 Å². The van der Waals surface area contributed by atoms with Gasteiger partial charge in [-0.2, -0.15) is 0 Å². The lowest BCUT2D eigenvalue weighted by Gasteiger charge is -2.08. The minimum Gasteiger partial charge on any atom is -0.384 e. The highest BCUT2D eigenvalue weighted by Crippen LogP contribution is 2.26. The Morgan fingerprint density at radius 3 is 2.47 bits per heavy atom. The van der Waals surface area contributed by atoms with E-state index in [2.05, 4.69) is 5.32 Å². The topological polar surface area (TPSA) is 21.3 Å². The summed E-state index contributed by atoms with van der Waals surface area (Å²) < 4.78 is 32.1. The third-order valence-corrected chi connectivity index (χ3v) is 3.22. The zero-order valence-corrected chi connectivity index (χ0v) is 10.9. The van der Waals surface area contributed by atoms with E-state index in [0.29, 0.717) is 24.5 Å².